The second-order valence-corrected chi connectivity index (χ2v) is 3.27. The summed E-state index contributed by atoms with van der Waals surface area (Å²) in [6.45, 7) is 5.42. The minimum absolute atomic E-state index is 0.00894. The third-order valence-corrected chi connectivity index (χ3v) is 2.43. The molecule has 0 spiro atoms. The van der Waals surface area contributed by atoms with Crippen LogP contribution in [0.5, 0.6) is 0 Å². The summed E-state index contributed by atoms with van der Waals surface area (Å²) in [5.74, 6) is 0.0835. The van der Waals surface area contributed by atoms with Gasteiger partial charge in [0, 0.05) is 5.92 Å². The fourth-order valence-electron chi connectivity index (χ4n) is 1.57. The topological polar surface area (TPSA) is 49.7 Å². The first kappa shape index (κ1) is 9.71. The van der Waals surface area contributed by atoms with Crippen LogP contribution in [0.4, 0.5) is 0 Å². The van der Waals surface area contributed by atoms with E-state index in [2.05, 4.69) is 6.58 Å². The maximum absolute atomic E-state index is 9.54. The molecule has 0 saturated carbocycles. The summed E-state index contributed by atoms with van der Waals surface area (Å²) >= 11 is 0. The molecule has 0 unspecified atom stereocenters. The predicted molar refractivity (Wildman–Crippen MR) is 45.7 cm³/mol. The normalized spacial score (nSPS) is 41.6. The first-order valence-corrected chi connectivity index (χ1v) is 4.26. The van der Waals surface area contributed by atoms with Crippen molar-refractivity contribution in [1.82, 2.24) is 0 Å². The molecule has 1 heterocycles. The number of ether oxygens (including phenoxy) is 1. The van der Waals surface area contributed by atoms with E-state index in [-0.39, 0.29) is 18.6 Å². The molecule has 4 atom stereocenters. The third kappa shape index (κ3) is 1.68. The van der Waals surface area contributed by atoms with Crippen LogP contribution in [0, 0.1) is 5.92 Å². The van der Waals surface area contributed by atoms with Gasteiger partial charge >= 0.3 is 0 Å². The smallest absolute Gasteiger partial charge is 0.107 e. The Balaban J connectivity index is 2.53. The lowest BCUT2D eigenvalue weighted by Crippen LogP contribution is -2.28. The molecule has 1 aliphatic heterocycles. The van der Waals surface area contributed by atoms with Gasteiger partial charge in [0.25, 0.3) is 0 Å². The molecule has 1 aliphatic rings. The molecular weight excluding hydrogens is 156 g/mol. The number of hydrogen-bond donors (Lipinski definition) is 2. The number of aliphatic hydroxyl groups excluding tert-OH is 2. The van der Waals surface area contributed by atoms with Gasteiger partial charge in [0.2, 0.25) is 0 Å². The van der Waals surface area contributed by atoms with Gasteiger partial charge < -0.3 is 14.9 Å². The second kappa shape index (κ2) is 4.03. The standard InChI is InChI=1S/C9H16O3/c1-3-4-7-6(2)9(11)8(5-10)12-7/h3,6-11H,1,4-5H2,2H3/t6-,7+,8-,9+/m0/s1. The molecule has 0 aromatic rings. The summed E-state index contributed by atoms with van der Waals surface area (Å²) in [7, 11) is 0. The molecule has 1 fully saturated rings. The predicted octanol–water partition coefficient (Wildman–Crippen LogP) is 0.319. The molecule has 12 heavy (non-hydrogen) atoms. The van der Waals surface area contributed by atoms with Crippen LogP contribution < -0.4 is 0 Å². The van der Waals surface area contributed by atoms with Gasteiger partial charge in [-0.15, -0.1) is 6.58 Å². The molecule has 0 aliphatic carbocycles. The lowest BCUT2D eigenvalue weighted by atomic mass is 9.97. The Morgan fingerprint density at radius 3 is 2.58 bits per heavy atom. The van der Waals surface area contributed by atoms with Crippen molar-refractivity contribution >= 4 is 0 Å². The van der Waals surface area contributed by atoms with Gasteiger partial charge in [0.1, 0.15) is 6.10 Å². The van der Waals surface area contributed by atoms with E-state index in [4.69, 9.17) is 9.84 Å². The van der Waals surface area contributed by atoms with E-state index in [1.165, 1.54) is 0 Å². The van der Waals surface area contributed by atoms with Gasteiger partial charge in [-0.05, 0) is 6.42 Å². The SMILES string of the molecule is C=CC[C@H]1O[C@@H](CO)[C@H](O)[C@H]1C. The van der Waals surface area contributed by atoms with E-state index in [1.54, 1.807) is 6.08 Å². The second-order valence-electron chi connectivity index (χ2n) is 3.27. The Labute approximate surface area is 72.7 Å². The highest BCUT2D eigenvalue weighted by molar-refractivity contribution is 4.90. The van der Waals surface area contributed by atoms with Gasteiger partial charge in [-0.1, -0.05) is 13.0 Å². The van der Waals surface area contributed by atoms with Crippen LogP contribution in [0.1, 0.15) is 13.3 Å². The fraction of sp³-hybridized carbons (Fsp3) is 0.778. The zero-order valence-corrected chi connectivity index (χ0v) is 7.31. The Morgan fingerprint density at radius 1 is 1.50 bits per heavy atom. The lowest BCUT2D eigenvalue weighted by molar-refractivity contribution is -0.0208. The molecular formula is C9H16O3. The quantitative estimate of drug-likeness (QED) is 0.603. The molecule has 2 N–H and O–H groups in total. The molecule has 3 heteroatoms. The maximum atomic E-state index is 9.54. The van der Waals surface area contributed by atoms with Gasteiger partial charge in [-0.25, -0.2) is 0 Å². The summed E-state index contributed by atoms with van der Waals surface area (Å²) in [5, 5.41) is 18.4. The Bertz CT molecular complexity index is 158. The molecule has 0 amide bonds. The minimum Gasteiger partial charge on any atom is -0.394 e. The maximum Gasteiger partial charge on any atom is 0.107 e. The van der Waals surface area contributed by atoms with Crippen LogP contribution in [0.3, 0.4) is 0 Å². The highest BCUT2D eigenvalue weighted by atomic mass is 16.5. The summed E-state index contributed by atoms with van der Waals surface area (Å²) < 4.78 is 5.40. The van der Waals surface area contributed by atoms with Gasteiger partial charge in [-0.3, -0.25) is 0 Å². The summed E-state index contributed by atoms with van der Waals surface area (Å²) in [6.07, 6.45) is 1.56. The van der Waals surface area contributed by atoms with E-state index in [1.807, 2.05) is 6.92 Å². The van der Waals surface area contributed by atoms with Crippen LogP contribution in [0.25, 0.3) is 0 Å². The first-order valence-electron chi connectivity index (χ1n) is 4.26. The van der Waals surface area contributed by atoms with Crippen LogP contribution in [-0.2, 0) is 4.74 Å². The van der Waals surface area contributed by atoms with E-state index in [0.717, 1.165) is 6.42 Å². The van der Waals surface area contributed by atoms with Crippen molar-refractivity contribution in [1.29, 1.82) is 0 Å². The summed E-state index contributed by atoms with van der Waals surface area (Å²) in [5.41, 5.74) is 0. The van der Waals surface area contributed by atoms with Crippen LogP contribution in [0.15, 0.2) is 12.7 Å². The van der Waals surface area contributed by atoms with Crippen molar-refractivity contribution in [2.24, 2.45) is 5.92 Å². The average molecular weight is 172 g/mol. The van der Waals surface area contributed by atoms with Crippen molar-refractivity contribution in [3.05, 3.63) is 12.7 Å². The van der Waals surface area contributed by atoms with Gasteiger partial charge in [0.15, 0.2) is 0 Å². The number of hydrogen-bond acceptors (Lipinski definition) is 3. The van der Waals surface area contributed by atoms with Crippen molar-refractivity contribution in [3.8, 4) is 0 Å². The Hall–Kier alpha value is -0.380. The van der Waals surface area contributed by atoms with E-state index in [9.17, 15) is 5.11 Å². The molecule has 1 saturated heterocycles. The van der Waals surface area contributed by atoms with Gasteiger partial charge in [0.05, 0.1) is 18.8 Å². The fourth-order valence-corrected chi connectivity index (χ4v) is 1.57. The Morgan fingerprint density at radius 2 is 2.17 bits per heavy atom. The van der Waals surface area contributed by atoms with Crippen LogP contribution in [-0.4, -0.2) is 35.1 Å². The molecule has 0 aromatic heterocycles. The molecule has 70 valence electrons. The van der Waals surface area contributed by atoms with Crippen molar-refractivity contribution < 1.29 is 14.9 Å². The molecule has 1 rings (SSSR count). The summed E-state index contributed by atoms with van der Waals surface area (Å²) in [4.78, 5) is 0. The number of aliphatic hydroxyl groups is 2. The molecule has 0 bridgehead atoms. The van der Waals surface area contributed by atoms with Crippen molar-refractivity contribution in [2.45, 2.75) is 31.7 Å². The van der Waals surface area contributed by atoms with E-state index < -0.39 is 12.2 Å². The first-order chi connectivity index (χ1) is 5.70. The molecule has 3 nitrogen and oxygen atoms in total. The lowest BCUT2D eigenvalue weighted by Gasteiger charge is -2.12. The van der Waals surface area contributed by atoms with E-state index in [0.29, 0.717) is 0 Å². The van der Waals surface area contributed by atoms with Crippen molar-refractivity contribution in [2.75, 3.05) is 6.61 Å². The Kier molecular flexibility index (Phi) is 3.26. The zero-order chi connectivity index (χ0) is 9.14. The highest BCUT2D eigenvalue weighted by Gasteiger charge is 2.39. The van der Waals surface area contributed by atoms with Gasteiger partial charge in [-0.2, -0.15) is 0 Å². The molecule has 0 radical (unpaired) electrons. The summed E-state index contributed by atoms with van der Waals surface area (Å²) in [6, 6.07) is 0. The number of rotatable bonds is 3. The third-order valence-electron chi connectivity index (χ3n) is 2.43. The van der Waals surface area contributed by atoms with Crippen molar-refractivity contribution in [3.63, 3.8) is 0 Å². The van der Waals surface area contributed by atoms with Crippen LogP contribution >= 0.6 is 0 Å². The highest BCUT2D eigenvalue weighted by Crippen LogP contribution is 2.28. The van der Waals surface area contributed by atoms with Crippen LogP contribution in [0.2, 0.25) is 0 Å². The minimum atomic E-state index is -0.542. The average Bonchev–Trinajstić information content (AvgIpc) is 2.33. The van der Waals surface area contributed by atoms with E-state index >= 15 is 0 Å². The zero-order valence-electron chi connectivity index (χ0n) is 7.31. The monoisotopic (exact) mass is 172 g/mol. The molecule has 0 aromatic carbocycles. The largest absolute Gasteiger partial charge is 0.394 e.